The SMILES string of the molecule is C=CCc1ccc2cc(-c3ccc(/C=C/CCCC(C)O)c(F)c3)ncc2c1. The Hall–Kier alpha value is -2.78. The van der Waals surface area contributed by atoms with E-state index in [2.05, 4.69) is 29.8 Å². The summed E-state index contributed by atoms with van der Waals surface area (Å²) in [6.07, 6.45) is 10.5. The van der Waals surface area contributed by atoms with Gasteiger partial charge in [0.15, 0.2) is 0 Å². The molecule has 2 nitrogen and oxygen atoms in total. The monoisotopic (exact) mass is 375 g/mol. The summed E-state index contributed by atoms with van der Waals surface area (Å²) >= 11 is 0. The van der Waals surface area contributed by atoms with Crippen molar-refractivity contribution in [3.8, 4) is 11.3 Å². The molecule has 0 aliphatic heterocycles. The van der Waals surface area contributed by atoms with E-state index >= 15 is 0 Å². The summed E-state index contributed by atoms with van der Waals surface area (Å²) < 4.78 is 14.5. The van der Waals surface area contributed by atoms with Crippen molar-refractivity contribution in [3.63, 3.8) is 0 Å². The zero-order chi connectivity index (χ0) is 19.9. The standard InChI is InChI=1S/C25H26FNO/c1-3-7-19-10-11-21-16-25(27-17-23(21)14-19)22-13-12-20(24(26)15-22)9-6-4-5-8-18(2)28/h3,6,9-18,28H,1,4-5,7-8H2,2H3/b9-6+. The smallest absolute Gasteiger partial charge is 0.131 e. The molecule has 3 aromatic rings. The quantitative estimate of drug-likeness (QED) is 0.368. The molecule has 1 heterocycles. The highest BCUT2D eigenvalue weighted by atomic mass is 19.1. The van der Waals surface area contributed by atoms with Crippen molar-refractivity contribution in [1.29, 1.82) is 0 Å². The molecule has 1 atom stereocenters. The van der Waals surface area contributed by atoms with E-state index in [1.54, 1.807) is 19.1 Å². The Kier molecular flexibility index (Phi) is 6.72. The highest BCUT2D eigenvalue weighted by Gasteiger charge is 2.06. The van der Waals surface area contributed by atoms with E-state index in [0.29, 0.717) is 5.56 Å². The fourth-order valence-corrected chi connectivity index (χ4v) is 3.21. The predicted octanol–water partition coefficient (Wildman–Crippen LogP) is 6.33. The fraction of sp³-hybridized carbons (Fsp3) is 0.240. The first-order valence-electron chi connectivity index (χ1n) is 9.71. The number of aliphatic hydroxyl groups excluding tert-OH is 1. The average molecular weight is 375 g/mol. The number of allylic oxidation sites excluding steroid dienone is 2. The van der Waals surface area contributed by atoms with Gasteiger partial charge in [0.1, 0.15) is 5.82 Å². The van der Waals surface area contributed by atoms with Crippen LogP contribution in [-0.2, 0) is 6.42 Å². The molecule has 0 aliphatic rings. The number of aliphatic hydroxyl groups is 1. The first-order chi connectivity index (χ1) is 13.6. The van der Waals surface area contributed by atoms with Crippen molar-refractivity contribution in [2.45, 2.75) is 38.7 Å². The largest absolute Gasteiger partial charge is 0.393 e. The summed E-state index contributed by atoms with van der Waals surface area (Å²) in [5.41, 5.74) is 3.29. The van der Waals surface area contributed by atoms with Crippen LogP contribution in [0.15, 0.2) is 67.4 Å². The van der Waals surface area contributed by atoms with Gasteiger partial charge in [-0.05, 0) is 61.8 Å². The van der Waals surface area contributed by atoms with Crippen LogP contribution < -0.4 is 0 Å². The lowest BCUT2D eigenvalue weighted by molar-refractivity contribution is 0.182. The van der Waals surface area contributed by atoms with Crippen LogP contribution in [0.25, 0.3) is 28.1 Å². The highest BCUT2D eigenvalue weighted by Crippen LogP contribution is 2.25. The second kappa shape index (κ2) is 9.43. The fourth-order valence-electron chi connectivity index (χ4n) is 3.21. The van der Waals surface area contributed by atoms with Crippen molar-refractivity contribution in [3.05, 3.63) is 84.3 Å². The average Bonchev–Trinajstić information content (AvgIpc) is 2.68. The van der Waals surface area contributed by atoms with E-state index in [4.69, 9.17) is 0 Å². The van der Waals surface area contributed by atoms with Crippen LogP contribution in [-0.4, -0.2) is 16.2 Å². The van der Waals surface area contributed by atoms with Crippen LogP contribution >= 0.6 is 0 Å². The third-order valence-electron chi connectivity index (χ3n) is 4.75. The number of hydrogen-bond donors (Lipinski definition) is 1. The Balaban J connectivity index is 1.76. The number of fused-ring (bicyclic) bond motifs is 1. The summed E-state index contributed by atoms with van der Waals surface area (Å²) in [5, 5.41) is 11.4. The molecule has 3 rings (SSSR count). The summed E-state index contributed by atoms with van der Waals surface area (Å²) in [6.45, 7) is 5.55. The molecule has 0 fully saturated rings. The Morgan fingerprint density at radius 2 is 2.00 bits per heavy atom. The second-order valence-corrected chi connectivity index (χ2v) is 7.16. The zero-order valence-electron chi connectivity index (χ0n) is 16.2. The lowest BCUT2D eigenvalue weighted by Crippen LogP contribution is -1.97. The Bertz CT molecular complexity index is 991. The van der Waals surface area contributed by atoms with E-state index in [0.717, 1.165) is 47.7 Å². The topological polar surface area (TPSA) is 33.1 Å². The van der Waals surface area contributed by atoms with E-state index in [1.165, 1.54) is 11.6 Å². The van der Waals surface area contributed by atoms with Crippen LogP contribution in [0, 0.1) is 5.82 Å². The van der Waals surface area contributed by atoms with Gasteiger partial charge in [0, 0.05) is 22.7 Å². The van der Waals surface area contributed by atoms with Gasteiger partial charge in [-0.3, -0.25) is 4.98 Å². The van der Waals surface area contributed by atoms with Gasteiger partial charge in [-0.15, -0.1) is 6.58 Å². The van der Waals surface area contributed by atoms with E-state index in [-0.39, 0.29) is 11.9 Å². The van der Waals surface area contributed by atoms with Crippen LogP contribution in [0.1, 0.15) is 37.3 Å². The molecular weight excluding hydrogens is 349 g/mol. The van der Waals surface area contributed by atoms with Crippen LogP contribution in [0.3, 0.4) is 0 Å². The lowest BCUT2D eigenvalue weighted by Gasteiger charge is -2.06. The number of aromatic nitrogens is 1. The maximum atomic E-state index is 14.5. The third kappa shape index (κ3) is 5.14. The molecule has 144 valence electrons. The number of nitrogens with zero attached hydrogens (tertiary/aromatic N) is 1. The molecule has 1 aromatic heterocycles. The first-order valence-corrected chi connectivity index (χ1v) is 9.71. The zero-order valence-corrected chi connectivity index (χ0v) is 16.2. The summed E-state index contributed by atoms with van der Waals surface area (Å²) in [4.78, 5) is 4.52. The number of benzene rings is 2. The van der Waals surface area contributed by atoms with Gasteiger partial charge in [0.2, 0.25) is 0 Å². The Morgan fingerprint density at radius 3 is 2.75 bits per heavy atom. The normalized spacial score (nSPS) is 12.5. The highest BCUT2D eigenvalue weighted by molar-refractivity contribution is 5.86. The minimum Gasteiger partial charge on any atom is -0.393 e. The van der Waals surface area contributed by atoms with E-state index in [9.17, 15) is 9.50 Å². The predicted molar refractivity (Wildman–Crippen MR) is 116 cm³/mol. The Labute approximate surface area is 166 Å². The molecule has 0 saturated carbocycles. The van der Waals surface area contributed by atoms with Crippen LogP contribution in [0.5, 0.6) is 0 Å². The number of halogens is 1. The molecule has 2 aromatic carbocycles. The maximum Gasteiger partial charge on any atom is 0.131 e. The minimum absolute atomic E-state index is 0.257. The van der Waals surface area contributed by atoms with Crippen molar-refractivity contribution < 1.29 is 9.50 Å². The molecule has 0 amide bonds. The van der Waals surface area contributed by atoms with Gasteiger partial charge in [0.05, 0.1) is 11.8 Å². The van der Waals surface area contributed by atoms with Crippen molar-refractivity contribution in [2.75, 3.05) is 0 Å². The summed E-state index contributed by atoms with van der Waals surface area (Å²) in [5.74, 6) is -0.257. The number of hydrogen-bond acceptors (Lipinski definition) is 2. The molecule has 0 saturated heterocycles. The van der Waals surface area contributed by atoms with Crippen molar-refractivity contribution in [1.82, 2.24) is 4.98 Å². The summed E-state index contributed by atoms with van der Waals surface area (Å²) in [6, 6.07) is 13.5. The minimum atomic E-state index is -0.285. The molecular formula is C25H26FNO. The molecule has 0 radical (unpaired) electrons. The van der Waals surface area contributed by atoms with Gasteiger partial charge in [-0.25, -0.2) is 4.39 Å². The van der Waals surface area contributed by atoms with Crippen LogP contribution in [0.2, 0.25) is 0 Å². The lowest BCUT2D eigenvalue weighted by atomic mass is 10.0. The van der Waals surface area contributed by atoms with E-state index < -0.39 is 0 Å². The molecule has 1 N–H and O–H groups in total. The van der Waals surface area contributed by atoms with E-state index in [1.807, 2.05) is 30.5 Å². The van der Waals surface area contributed by atoms with Gasteiger partial charge in [0.25, 0.3) is 0 Å². The van der Waals surface area contributed by atoms with Crippen LogP contribution in [0.4, 0.5) is 4.39 Å². The summed E-state index contributed by atoms with van der Waals surface area (Å²) in [7, 11) is 0. The number of pyridine rings is 1. The van der Waals surface area contributed by atoms with Crippen molar-refractivity contribution >= 4 is 16.8 Å². The molecule has 3 heteroatoms. The van der Waals surface area contributed by atoms with Gasteiger partial charge in [-0.1, -0.05) is 42.5 Å². The van der Waals surface area contributed by atoms with Crippen molar-refractivity contribution in [2.24, 2.45) is 0 Å². The second-order valence-electron chi connectivity index (χ2n) is 7.16. The third-order valence-corrected chi connectivity index (χ3v) is 4.75. The Morgan fingerprint density at radius 1 is 1.14 bits per heavy atom. The molecule has 0 aliphatic carbocycles. The number of rotatable bonds is 8. The van der Waals surface area contributed by atoms with Gasteiger partial charge in [-0.2, -0.15) is 0 Å². The molecule has 28 heavy (non-hydrogen) atoms. The maximum absolute atomic E-state index is 14.5. The van der Waals surface area contributed by atoms with Gasteiger partial charge < -0.3 is 5.11 Å². The number of unbranched alkanes of at least 4 members (excludes halogenated alkanes) is 1. The first kappa shape index (κ1) is 20.0. The molecule has 1 unspecified atom stereocenters. The molecule has 0 spiro atoms. The molecule has 0 bridgehead atoms. The van der Waals surface area contributed by atoms with Gasteiger partial charge >= 0.3 is 0 Å².